The molecule has 0 fully saturated rings. The SMILES string of the molecule is COc1ccc(NC(=O)/C(C#N)=C\c2cc(Cl)c(OCC(=O)Nc3ccccc3C)c(OC)c2)cc1. The van der Waals surface area contributed by atoms with Crippen LogP contribution in [0.1, 0.15) is 11.1 Å². The molecule has 184 valence electrons. The lowest BCUT2D eigenvalue weighted by molar-refractivity contribution is -0.118. The number of carbonyl (C=O) groups is 2. The van der Waals surface area contributed by atoms with Gasteiger partial charge in [-0.2, -0.15) is 5.26 Å². The van der Waals surface area contributed by atoms with Crippen LogP contribution in [0.25, 0.3) is 6.08 Å². The van der Waals surface area contributed by atoms with E-state index >= 15 is 0 Å². The fourth-order valence-corrected chi connectivity index (χ4v) is 3.46. The van der Waals surface area contributed by atoms with Crippen LogP contribution in [-0.4, -0.2) is 32.6 Å². The van der Waals surface area contributed by atoms with Crippen molar-refractivity contribution in [3.8, 4) is 23.3 Å². The number of benzene rings is 3. The summed E-state index contributed by atoms with van der Waals surface area (Å²) in [5.74, 6) is 0.0859. The molecule has 0 unspecified atom stereocenters. The Labute approximate surface area is 214 Å². The lowest BCUT2D eigenvalue weighted by atomic mass is 10.1. The lowest BCUT2D eigenvalue weighted by Gasteiger charge is -2.14. The molecule has 0 heterocycles. The first-order valence-electron chi connectivity index (χ1n) is 10.8. The number of hydrogen-bond acceptors (Lipinski definition) is 6. The summed E-state index contributed by atoms with van der Waals surface area (Å²) in [6.07, 6.45) is 1.38. The van der Waals surface area contributed by atoms with Gasteiger partial charge in [0.1, 0.15) is 17.4 Å². The van der Waals surface area contributed by atoms with Gasteiger partial charge in [0.15, 0.2) is 18.1 Å². The second kappa shape index (κ2) is 12.3. The summed E-state index contributed by atoms with van der Waals surface area (Å²) in [7, 11) is 2.96. The fraction of sp³-hybridized carbons (Fsp3) is 0.148. The molecule has 0 bridgehead atoms. The van der Waals surface area contributed by atoms with Gasteiger partial charge in [-0.05, 0) is 66.6 Å². The first-order chi connectivity index (χ1) is 17.3. The maximum absolute atomic E-state index is 12.6. The van der Waals surface area contributed by atoms with E-state index in [1.165, 1.54) is 19.3 Å². The number of amides is 2. The number of halogens is 1. The Balaban J connectivity index is 1.73. The van der Waals surface area contributed by atoms with Gasteiger partial charge in [-0.15, -0.1) is 0 Å². The van der Waals surface area contributed by atoms with Crippen LogP contribution in [-0.2, 0) is 9.59 Å². The van der Waals surface area contributed by atoms with Crippen LogP contribution in [0.15, 0.2) is 66.2 Å². The van der Waals surface area contributed by atoms with Gasteiger partial charge in [-0.3, -0.25) is 9.59 Å². The van der Waals surface area contributed by atoms with Gasteiger partial charge < -0.3 is 24.8 Å². The average molecular weight is 506 g/mol. The number of hydrogen-bond donors (Lipinski definition) is 2. The van der Waals surface area contributed by atoms with Gasteiger partial charge in [-0.1, -0.05) is 29.8 Å². The molecule has 0 aliphatic carbocycles. The molecule has 3 aromatic rings. The number of anilines is 2. The second-order valence-electron chi connectivity index (χ2n) is 7.54. The minimum absolute atomic E-state index is 0.143. The molecule has 0 spiro atoms. The van der Waals surface area contributed by atoms with E-state index in [1.54, 1.807) is 43.5 Å². The Morgan fingerprint density at radius 3 is 2.39 bits per heavy atom. The number of nitrogens with zero attached hydrogens (tertiary/aromatic N) is 1. The molecule has 8 nitrogen and oxygen atoms in total. The van der Waals surface area contributed by atoms with E-state index in [1.807, 2.05) is 31.2 Å². The maximum Gasteiger partial charge on any atom is 0.266 e. The zero-order valence-electron chi connectivity index (χ0n) is 19.9. The van der Waals surface area contributed by atoms with Crippen LogP contribution < -0.4 is 24.8 Å². The molecule has 0 radical (unpaired) electrons. The topological polar surface area (TPSA) is 110 Å². The smallest absolute Gasteiger partial charge is 0.266 e. The molecular weight excluding hydrogens is 482 g/mol. The number of rotatable bonds is 9. The molecule has 2 amide bonds. The third kappa shape index (κ3) is 6.78. The number of para-hydroxylation sites is 1. The van der Waals surface area contributed by atoms with Crippen LogP contribution in [0.3, 0.4) is 0 Å². The van der Waals surface area contributed by atoms with Crippen molar-refractivity contribution in [1.82, 2.24) is 0 Å². The number of ether oxygens (including phenoxy) is 3. The maximum atomic E-state index is 12.6. The summed E-state index contributed by atoms with van der Waals surface area (Å²) in [5, 5.41) is 15.1. The van der Waals surface area contributed by atoms with Gasteiger partial charge in [0.05, 0.1) is 19.2 Å². The second-order valence-corrected chi connectivity index (χ2v) is 7.95. The van der Waals surface area contributed by atoms with E-state index in [4.69, 9.17) is 25.8 Å². The van der Waals surface area contributed by atoms with Crippen LogP contribution in [0.4, 0.5) is 11.4 Å². The summed E-state index contributed by atoms with van der Waals surface area (Å²) in [5.41, 5.74) is 2.40. The molecule has 0 aliphatic rings. The van der Waals surface area contributed by atoms with Crippen LogP contribution in [0.5, 0.6) is 17.2 Å². The van der Waals surface area contributed by atoms with Gasteiger partial charge in [-0.25, -0.2) is 0 Å². The van der Waals surface area contributed by atoms with Gasteiger partial charge in [0, 0.05) is 11.4 Å². The predicted molar refractivity (Wildman–Crippen MR) is 139 cm³/mol. The van der Waals surface area contributed by atoms with Crippen molar-refractivity contribution >= 4 is 40.9 Å². The van der Waals surface area contributed by atoms with Crippen LogP contribution in [0, 0.1) is 18.3 Å². The van der Waals surface area contributed by atoms with Crippen LogP contribution >= 0.6 is 11.6 Å². The third-order valence-electron chi connectivity index (χ3n) is 5.04. The molecule has 9 heteroatoms. The van der Waals surface area contributed by atoms with E-state index in [2.05, 4.69) is 10.6 Å². The van der Waals surface area contributed by atoms with Crippen molar-refractivity contribution in [2.75, 3.05) is 31.5 Å². The van der Waals surface area contributed by atoms with Crippen molar-refractivity contribution in [3.05, 3.63) is 82.4 Å². The molecule has 0 aromatic heterocycles. The Morgan fingerprint density at radius 1 is 1.03 bits per heavy atom. The summed E-state index contributed by atoms with van der Waals surface area (Å²) < 4.78 is 16.1. The summed E-state index contributed by atoms with van der Waals surface area (Å²) >= 11 is 6.39. The standard InChI is InChI=1S/C27H24ClN3O5/c1-17-6-4-5-7-23(17)31-25(32)16-36-26-22(28)13-18(14-24(26)35-3)12-19(15-29)27(33)30-20-8-10-21(34-2)11-9-20/h4-14H,16H2,1-3H3,(H,30,33)(H,31,32)/b19-12-. The minimum atomic E-state index is -0.592. The summed E-state index contributed by atoms with van der Waals surface area (Å²) in [6, 6.07) is 19.0. The molecule has 0 saturated carbocycles. The van der Waals surface area contributed by atoms with E-state index in [0.29, 0.717) is 22.7 Å². The monoisotopic (exact) mass is 505 g/mol. The highest BCUT2D eigenvalue weighted by molar-refractivity contribution is 6.32. The molecule has 0 atom stereocenters. The largest absolute Gasteiger partial charge is 0.497 e. The minimum Gasteiger partial charge on any atom is -0.497 e. The summed E-state index contributed by atoms with van der Waals surface area (Å²) in [4.78, 5) is 24.9. The van der Waals surface area contributed by atoms with E-state index in [-0.39, 0.29) is 34.6 Å². The predicted octanol–water partition coefficient (Wildman–Crippen LogP) is 5.23. The number of nitriles is 1. The third-order valence-corrected chi connectivity index (χ3v) is 5.32. The van der Waals surface area contributed by atoms with Crippen molar-refractivity contribution in [2.24, 2.45) is 0 Å². The number of methoxy groups -OCH3 is 2. The normalized spacial score (nSPS) is 10.7. The summed E-state index contributed by atoms with van der Waals surface area (Å²) in [6.45, 7) is 1.59. The zero-order chi connectivity index (χ0) is 26.1. The van der Waals surface area contributed by atoms with Crippen molar-refractivity contribution in [1.29, 1.82) is 5.26 Å². The van der Waals surface area contributed by atoms with Gasteiger partial charge in [0.2, 0.25) is 0 Å². The van der Waals surface area contributed by atoms with Gasteiger partial charge in [0.25, 0.3) is 11.8 Å². The quantitative estimate of drug-likeness (QED) is 0.304. The highest BCUT2D eigenvalue weighted by atomic mass is 35.5. The highest BCUT2D eigenvalue weighted by Crippen LogP contribution is 2.37. The molecular formula is C27H24ClN3O5. The molecule has 3 rings (SSSR count). The highest BCUT2D eigenvalue weighted by Gasteiger charge is 2.16. The molecule has 0 aliphatic heterocycles. The van der Waals surface area contributed by atoms with E-state index in [0.717, 1.165) is 5.56 Å². The van der Waals surface area contributed by atoms with Crippen molar-refractivity contribution in [2.45, 2.75) is 6.92 Å². The van der Waals surface area contributed by atoms with Crippen molar-refractivity contribution in [3.63, 3.8) is 0 Å². The van der Waals surface area contributed by atoms with E-state index in [9.17, 15) is 14.9 Å². The zero-order valence-corrected chi connectivity index (χ0v) is 20.7. The number of carbonyl (C=O) groups excluding carboxylic acids is 2. The number of aryl methyl sites for hydroxylation is 1. The molecule has 2 N–H and O–H groups in total. The lowest BCUT2D eigenvalue weighted by Crippen LogP contribution is -2.21. The number of nitrogens with one attached hydrogen (secondary N) is 2. The first-order valence-corrected chi connectivity index (χ1v) is 11.2. The van der Waals surface area contributed by atoms with Crippen LogP contribution in [0.2, 0.25) is 5.02 Å². The average Bonchev–Trinajstić information content (AvgIpc) is 2.88. The van der Waals surface area contributed by atoms with Crippen molar-refractivity contribution < 1.29 is 23.8 Å². The Hall–Kier alpha value is -4.48. The molecule has 0 saturated heterocycles. The Morgan fingerprint density at radius 2 is 1.75 bits per heavy atom. The first kappa shape index (κ1) is 26.1. The Bertz CT molecular complexity index is 1330. The molecule has 36 heavy (non-hydrogen) atoms. The van der Waals surface area contributed by atoms with Gasteiger partial charge >= 0.3 is 0 Å². The molecule has 3 aromatic carbocycles. The van der Waals surface area contributed by atoms with E-state index < -0.39 is 5.91 Å². The Kier molecular flexibility index (Phi) is 8.92. The fourth-order valence-electron chi connectivity index (χ4n) is 3.19.